The van der Waals surface area contributed by atoms with Crippen LogP contribution in [-0.2, 0) is 4.79 Å². The van der Waals surface area contributed by atoms with Crippen LogP contribution in [0.15, 0.2) is 23.3 Å². The van der Waals surface area contributed by atoms with Crippen LogP contribution < -0.4 is 0 Å². The summed E-state index contributed by atoms with van der Waals surface area (Å²) in [6.07, 6.45) is 11.6. The normalized spacial score (nSPS) is 42.5. The number of carbonyl (C=O) groups excluding carboxylic acids is 1. The molecule has 4 rings (SSSR count). The summed E-state index contributed by atoms with van der Waals surface area (Å²) >= 11 is 0. The van der Waals surface area contributed by atoms with E-state index in [-0.39, 0.29) is 21.7 Å². The maximum Gasteiger partial charge on any atom is 0.138 e. The van der Waals surface area contributed by atoms with Gasteiger partial charge < -0.3 is 15.3 Å². The van der Waals surface area contributed by atoms with Crippen LogP contribution in [-0.4, -0.2) is 39.4 Å². The minimum absolute atomic E-state index is 0.0789. The van der Waals surface area contributed by atoms with E-state index in [1.165, 1.54) is 25.3 Å². The van der Waals surface area contributed by atoms with Gasteiger partial charge in [-0.15, -0.1) is 0 Å². The predicted molar refractivity (Wildman–Crippen MR) is 136 cm³/mol. The maximum absolute atomic E-state index is 12.8. The molecule has 4 unspecified atom stereocenters. The van der Waals surface area contributed by atoms with Crippen molar-refractivity contribution in [2.45, 2.75) is 112 Å². The fraction of sp³-hybridized carbons (Fsp3) is 0.833. The zero-order chi connectivity index (χ0) is 25.3. The maximum atomic E-state index is 12.8. The summed E-state index contributed by atoms with van der Waals surface area (Å²) in [6.45, 7) is 15.1. The first-order valence-corrected chi connectivity index (χ1v) is 13.6. The van der Waals surface area contributed by atoms with Crippen molar-refractivity contribution in [3.63, 3.8) is 0 Å². The molecule has 2 fully saturated rings. The zero-order valence-corrected chi connectivity index (χ0v) is 22.6. The molecule has 2 saturated carbocycles. The smallest absolute Gasteiger partial charge is 0.138 e. The third-order valence-electron chi connectivity index (χ3n) is 11.7. The Labute approximate surface area is 206 Å². The minimum atomic E-state index is -1.44. The molecule has 0 saturated heterocycles. The molecule has 0 amide bonds. The van der Waals surface area contributed by atoms with Crippen molar-refractivity contribution < 1.29 is 20.1 Å². The van der Waals surface area contributed by atoms with Crippen LogP contribution in [0, 0.1) is 39.4 Å². The molecule has 0 radical (unpaired) electrons. The standard InChI is InChI=1S/C30H48O4/c1-19(8-11-25(33)30(7,34)18-31)20-12-16-29(6)22-9-10-23-26(2,3)24(32)14-15-27(23,4)21(22)13-17-28(20,29)5/h9,13,19-20,23,25,31,33-34H,8,10-12,14-18H2,1-7H3/t19?,20?,23?,25?,27-,28-,29+,30+/m1/s1. The van der Waals surface area contributed by atoms with Crippen LogP contribution in [0.4, 0.5) is 0 Å². The Morgan fingerprint density at radius 1 is 1.09 bits per heavy atom. The van der Waals surface area contributed by atoms with Crippen molar-refractivity contribution in [2.75, 3.05) is 6.61 Å². The Morgan fingerprint density at radius 3 is 2.41 bits per heavy atom. The molecule has 0 spiro atoms. The Morgan fingerprint density at radius 2 is 1.76 bits per heavy atom. The second-order valence-electron chi connectivity index (χ2n) is 13.8. The van der Waals surface area contributed by atoms with Crippen LogP contribution in [0.1, 0.15) is 99.8 Å². The minimum Gasteiger partial charge on any atom is -0.393 e. The lowest BCUT2D eigenvalue weighted by atomic mass is 9.44. The van der Waals surface area contributed by atoms with E-state index in [1.54, 1.807) is 5.57 Å². The van der Waals surface area contributed by atoms with Gasteiger partial charge in [-0.05, 0) is 97.0 Å². The first-order valence-electron chi connectivity index (χ1n) is 13.6. The van der Waals surface area contributed by atoms with Gasteiger partial charge in [0.25, 0.3) is 0 Å². The number of aliphatic hydroxyl groups is 3. The number of hydrogen-bond acceptors (Lipinski definition) is 4. The molecule has 0 aromatic carbocycles. The van der Waals surface area contributed by atoms with Gasteiger partial charge >= 0.3 is 0 Å². The molecule has 34 heavy (non-hydrogen) atoms. The molecule has 0 heterocycles. The quantitative estimate of drug-likeness (QED) is 0.470. The van der Waals surface area contributed by atoms with Gasteiger partial charge in [0, 0.05) is 11.8 Å². The third kappa shape index (κ3) is 3.53. The molecule has 0 aromatic heterocycles. The van der Waals surface area contributed by atoms with E-state index in [0.717, 1.165) is 25.7 Å². The Kier molecular flexibility index (Phi) is 6.36. The zero-order valence-electron chi connectivity index (χ0n) is 22.6. The number of allylic oxidation sites excluding steroid dienone is 4. The van der Waals surface area contributed by atoms with E-state index in [4.69, 9.17) is 0 Å². The average Bonchev–Trinajstić information content (AvgIpc) is 3.06. The number of rotatable bonds is 6. The first-order chi connectivity index (χ1) is 15.6. The Hall–Kier alpha value is -0.970. The summed E-state index contributed by atoms with van der Waals surface area (Å²) in [5.41, 5.74) is 1.76. The van der Waals surface area contributed by atoms with Crippen LogP contribution in [0.5, 0.6) is 0 Å². The SMILES string of the molecule is CC(CCC(O)[C@@](C)(O)CO)C1CC[C@@]2(C)C3=CCC4C(C)(C)C(=O)CC[C@]4(C)C3=CC[C@]12C. The summed E-state index contributed by atoms with van der Waals surface area (Å²) in [6, 6.07) is 0. The molecule has 4 heteroatoms. The van der Waals surface area contributed by atoms with Gasteiger partial charge in [-0.2, -0.15) is 0 Å². The summed E-state index contributed by atoms with van der Waals surface area (Å²) < 4.78 is 0. The average molecular weight is 473 g/mol. The molecule has 8 atom stereocenters. The van der Waals surface area contributed by atoms with Gasteiger partial charge in [-0.1, -0.05) is 53.7 Å². The lowest BCUT2D eigenvalue weighted by molar-refractivity contribution is -0.138. The summed E-state index contributed by atoms with van der Waals surface area (Å²) in [4.78, 5) is 12.8. The molecule has 4 nitrogen and oxygen atoms in total. The van der Waals surface area contributed by atoms with Crippen molar-refractivity contribution in [1.29, 1.82) is 0 Å². The lowest BCUT2D eigenvalue weighted by Crippen LogP contribution is -2.53. The van der Waals surface area contributed by atoms with Gasteiger partial charge in [-0.3, -0.25) is 4.79 Å². The molecule has 4 aliphatic rings. The van der Waals surface area contributed by atoms with Gasteiger partial charge in [0.1, 0.15) is 11.4 Å². The number of fused-ring (bicyclic) bond motifs is 5. The van der Waals surface area contributed by atoms with Crippen molar-refractivity contribution in [2.24, 2.45) is 39.4 Å². The highest BCUT2D eigenvalue weighted by Gasteiger charge is 2.63. The van der Waals surface area contributed by atoms with E-state index in [2.05, 4.69) is 53.7 Å². The van der Waals surface area contributed by atoms with Crippen molar-refractivity contribution >= 4 is 5.78 Å². The molecular weight excluding hydrogens is 424 g/mol. The molecule has 192 valence electrons. The van der Waals surface area contributed by atoms with Crippen molar-refractivity contribution in [1.82, 2.24) is 0 Å². The topological polar surface area (TPSA) is 77.8 Å². The fourth-order valence-electron chi connectivity index (χ4n) is 8.80. The van der Waals surface area contributed by atoms with Crippen molar-refractivity contribution in [3.05, 3.63) is 23.3 Å². The van der Waals surface area contributed by atoms with Gasteiger partial charge in [0.2, 0.25) is 0 Å². The van der Waals surface area contributed by atoms with Gasteiger partial charge in [-0.25, -0.2) is 0 Å². The third-order valence-corrected chi connectivity index (χ3v) is 11.7. The Balaban J connectivity index is 1.60. The number of Topliss-reactive ketones (excluding diaryl/α,β-unsaturated/α-hetero) is 1. The monoisotopic (exact) mass is 472 g/mol. The molecule has 0 bridgehead atoms. The fourth-order valence-corrected chi connectivity index (χ4v) is 8.80. The molecule has 4 aliphatic carbocycles. The molecular formula is C30H48O4. The lowest BCUT2D eigenvalue weighted by Gasteiger charge is -2.59. The number of hydrogen-bond donors (Lipinski definition) is 3. The van der Waals surface area contributed by atoms with Gasteiger partial charge in [0.05, 0.1) is 12.7 Å². The van der Waals surface area contributed by atoms with Gasteiger partial charge in [0.15, 0.2) is 0 Å². The first kappa shape index (κ1) is 26.1. The molecule has 0 aliphatic heterocycles. The largest absolute Gasteiger partial charge is 0.393 e. The number of ketones is 1. The van der Waals surface area contributed by atoms with E-state index in [9.17, 15) is 20.1 Å². The molecule has 3 N–H and O–H groups in total. The molecule has 0 aromatic rings. The summed E-state index contributed by atoms with van der Waals surface area (Å²) in [5, 5.41) is 30.0. The van der Waals surface area contributed by atoms with Crippen LogP contribution in [0.25, 0.3) is 0 Å². The summed E-state index contributed by atoms with van der Waals surface area (Å²) in [5.74, 6) is 1.79. The van der Waals surface area contributed by atoms with E-state index >= 15 is 0 Å². The number of aliphatic hydroxyl groups excluding tert-OH is 2. The Bertz CT molecular complexity index is 897. The van der Waals surface area contributed by atoms with E-state index < -0.39 is 18.3 Å². The second-order valence-corrected chi connectivity index (χ2v) is 13.8. The van der Waals surface area contributed by atoms with E-state index in [0.29, 0.717) is 36.4 Å². The highest BCUT2D eigenvalue weighted by atomic mass is 16.4. The summed E-state index contributed by atoms with van der Waals surface area (Å²) in [7, 11) is 0. The highest BCUT2D eigenvalue weighted by Crippen LogP contribution is 2.71. The van der Waals surface area contributed by atoms with Crippen LogP contribution in [0.2, 0.25) is 0 Å². The highest BCUT2D eigenvalue weighted by molar-refractivity contribution is 5.86. The van der Waals surface area contributed by atoms with E-state index in [1.807, 2.05) is 0 Å². The second kappa shape index (κ2) is 8.28. The number of carbonyl (C=O) groups is 1. The predicted octanol–water partition coefficient (Wildman–Crippen LogP) is 5.60. The van der Waals surface area contributed by atoms with Crippen LogP contribution in [0.3, 0.4) is 0 Å². The van der Waals surface area contributed by atoms with Crippen LogP contribution >= 0.6 is 0 Å². The van der Waals surface area contributed by atoms with Crippen molar-refractivity contribution in [3.8, 4) is 0 Å².